The highest BCUT2D eigenvalue weighted by Crippen LogP contribution is 2.20. The van der Waals surface area contributed by atoms with Crippen LogP contribution in [0.1, 0.15) is 41.9 Å². The van der Waals surface area contributed by atoms with Gasteiger partial charge in [0.15, 0.2) is 0 Å². The summed E-state index contributed by atoms with van der Waals surface area (Å²) >= 11 is 0. The smallest absolute Gasteiger partial charge is 0.254 e. The highest BCUT2D eigenvalue weighted by Gasteiger charge is 2.23. The third-order valence-electron chi connectivity index (χ3n) is 3.97. The van der Waals surface area contributed by atoms with Gasteiger partial charge in [-0.3, -0.25) is 9.89 Å². The zero-order valence-corrected chi connectivity index (χ0v) is 12.9. The van der Waals surface area contributed by atoms with E-state index in [1.807, 2.05) is 11.8 Å². The van der Waals surface area contributed by atoms with Gasteiger partial charge in [0, 0.05) is 48.6 Å². The molecule has 0 radical (unpaired) electrons. The van der Waals surface area contributed by atoms with E-state index in [1.54, 1.807) is 24.5 Å². The van der Waals surface area contributed by atoms with E-state index in [0.29, 0.717) is 24.5 Å². The number of nitrogens with one attached hydrogen (secondary N) is 1. The van der Waals surface area contributed by atoms with Gasteiger partial charge in [-0.25, -0.2) is 4.98 Å². The molecule has 1 aliphatic heterocycles. The van der Waals surface area contributed by atoms with E-state index in [9.17, 15) is 4.79 Å². The van der Waals surface area contributed by atoms with E-state index >= 15 is 0 Å². The first-order valence-corrected chi connectivity index (χ1v) is 7.60. The fourth-order valence-corrected chi connectivity index (χ4v) is 2.47. The Morgan fingerprint density at radius 3 is 3.23 bits per heavy atom. The van der Waals surface area contributed by atoms with Gasteiger partial charge in [-0.05, 0) is 19.4 Å². The standard InChI is InChI=1S/C16H20N4O2/c1-3-11(2)22-15-8-12(4-6-17-15)16(21)20-7-5-14-13(10-20)9-18-19-14/h4,6,8-9,11H,3,5,7,10H2,1-2H3,(H,18,19). The molecule has 1 amide bonds. The lowest BCUT2D eigenvalue weighted by molar-refractivity contribution is 0.0733. The Bertz CT molecular complexity index is 668. The fourth-order valence-electron chi connectivity index (χ4n) is 2.47. The van der Waals surface area contributed by atoms with Crippen molar-refractivity contribution in [2.75, 3.05) is 6.54 Å². The molecular weight excluding hydrogens is 280 g/mol. The predicted octanol–water partition coefficient (Wildman–Crippen LogP) is 2.18. The zero-order chi connectivity index (χ0) is 15.5. The van der Waals surface area contributed by atoms with Crippen LogP contribution in [0.2, 0.25) is 0 Å². The molecule has 2 aromatic rings. The zero-order valence-electron chi connectivity index (χ0n) is 12.9. The average Bonchev–Trinajstić information content (AvgIpc) is 3.01. The number of fused-ring (bicyclic) bond motifs is 1. The number of hydrogen-bond acceptors (Lipinski definition) is 4. The Morgan fingerprint density at radius 1 is 1.55 bits per heavy atom. The Kier molecular flexibility index (Phi) is 4.09. The van der Waals surface area contributed by atoms with Crippen LogP contribution >= 0.6 is 0 Å². The van der Waals surface area contributed by atoms with E-state index in [2.05, 4.69) is 22.1 Å². The average molecular weight is 300 g/mol. The van der Waals surface area contributed by atoms with Gasteiger partial charge in [-0.2, -0.15) is 5.10 Å². The largest absolute Gasteiger partial charge is 0.475 e. The number of ether oxygens (including phenoxy) is 1. The van der Waals surface area contributed by atoms with Crippen LogP contribution in [0.15, 0.2) is 24.5 Å². The molecule has 116 valence electrons. The van der Waals surface area contributed by atoms with Crippen LogP contribution in [0.25, 0.3) is 0 Å². The molecule has 1 aliphatic rings. The molecule has 0 aliphatic carbocycles. The summed E-state index contributed by atoms with van der Waals surface area (Å²) in [5.41, 5.74) is 2.82. The number of pyridine rings is 1. The summed E-state index contributed by atoms with van der Waals surface area (Å²) in [5.74, 6) is 0.504. The predicted molar refractivity (Wildman–Crippen MR) is 81.7 cm³/mol. The van der Waals surface area contributed by atoms with Crippen molar-refractivity contribution in [2.45, 2.75) is 39.3 Å². The molecular formula is C16H20N4O2. The van der Waals surface area contributed by atoms with Crippen LogP contribution in [-0.2, 0) is 13.0 Å². The van der Waals surface area contributed by atoms with Crippen molar-refractivity contribution in [2.24, 2.45) is 0 Å². The number of rotatable bonds is 4. The molecule has 6 heteroatoms. The van der Waals surface area contributed by atoms with Crippen molar-refractivity contribution < 1.29 is 9.53 Å². The molecule has 0 spiro atoms. The second-order valence-corrected chi connectivity index (χ2v) is 5.57. The maximum atomic E-state index is 12.7. The highest BCUT2D eigenvalue weighted by molar-refractivity contribution is 5.94. The summed E-state index contributed by atoms with van der Waals surface area (Å²) in [6, 6.07) is 3.45. The lowest BCUT2D eigenvalue weighted by Crippen LogP contribution is -2.35. The number of aromatic amines is 1. The third kappa shape index (κ3) is 2.95. The first-order valence-electron chi connectivity index (χ1n) is 7.60. The monoisotopic (exact) mass is 300 g/mol. The summed E-state index contributed by atoms with van der Waals surface area (Å²) in [5, 5.41) is 7.01. The van der Waals surface area contributed by atoms with E-state index in [-0.39, 0.29) is 12.0 Å². The van der Waals surface area contributed by atoms with Crippen molar-refractivity contribution >= 4 is 5.91 Å². The number of carbonyl (C=O) groups excluding carboxylic acids is 1. The maximum Gasteiger partial charge on any atom is 0.254 e. The molecule has 0 bridgehead atoms. The van der Waals surface area contributed by atoms with Gasteiger partial charge in [-0.15, -0.1) is 0 Å². The normalized spacial score (nSPS) is 15.3. The molecule has 1 N–H and O–H groups in total. The van der Waals surface area contributed by atoms with Crippen LogP contribution in [0, 0.1) is 0 Å². The minimum atomic E-state index is 0.00301. The Hall–Kier alpha value is -2.37. The number of hydrogen-bond donors (Lipinski definition) is 1. The van der Waals surface area contributed by atoms with Crippen LogP contribution in [0.4, 0.5) is 0 Å². The van der Waals surface area contributed by atoms with Gasteiger partial charge in [0.25, 0.3) is 5.91 Å². The third-order valence-corrected chi connectivity index (χ3v) is 3.97. The quantitative estimate of drug-likeness (QED) is 0.939. The number of aromatic nitrogens is 3. The van der Waals surface area contributed by atoms with Gasteiger partial charge >= 0.3 is 0 Å². The topological polar surface area (TPSA) is 71.1 Å². The summed E-state index contributed by atoms with van der Waals surface area (Å²) in [6.07, 6.45) is 5.20. The summed E-state index contributed by atoms with van der Waals surface area (Å²) in [7, 11) is 0. The Balaban J connectivity index is 1.74. The lowest BCUT2D eigenvalue weighted by Gasteiger charge is -2.26. The van der Waals surface area contributed by atoms with Gasteiger partial charge in [-0.1, -0.05) is 6.92 Å². The molecule has 3 heterocycles. The van der Waals surface area contributed by atoms with E-state index in [0.717, 1.165) is 24.1 Å². The molecule has 0 saturated heterocycles. The summed E-state index contributed by atoms with van der Waals surface area (Å²) < 4.78 is 5.69. The first kappa shape index (κ1) is 14.6. The van der Waals surface area contributed by atoms with Crippen LogP contribution in [0.3, 0.4) is 0 Å². The number of carbonyl (C=O) groups is 1. The van der Waals surface area contributed by atoms with Gasteiger partial charge in [0.05, 0.1) is 12.3 Å². The molecule has 3 rings (SSSR count). The Labute approximate surface area is 129 Å². The fraction of sp³-hybridized carbons (Fsp3) is 0.438. The van der Waals surface area contributed by atoms with Crippen molar-refractivity contribution in [1.29, 1.82) is 0 Å². The van der Waals surface area contributed by atoms with Crippen molar-refractivity contribution in [3.05, 3.63) is 41.3 Å². The molecule has 1 unspecified atom stereocenters. The highest BCUT2D eigenvalue weighted by atomic mass is 16.5. The molecule has 6 nitrogen and oxygen atoms in total. The van der Waals surface area contributed by atoms with Gasteiger partial charge in [0.1, 0.15) is 0 Å². The Morgan fingerprint density at radius 2 is 2.41 bits per heavy atom. The number of H-pyrrole nitrogens is 1. The molecule has 22 heavy (non-hydrogen) atoms. The number of amides is 1. The van der Waals surface area contributed by atoms with E-state index in [1.165, 1.54) is 0 Å². The summed E-state index contributed by atoms with van der Waals surface area (Å²) in [6.45, 7) is 5.32. The van der Waals surface area contributed by atoms with E-state index in [4.69, 9.17) is 4.74 Å². The SMILES string of the molecule is CCC(C)Oc1cc(C(=O)N2CCc3[nH]ncc3C2)ccn1. The molecule has 2 aromatic heterocycles. The summed E-state index contributed by atoms with van der Waals surface area (Å²) in [4.78, 5) is 18.7. The lowest BCUT2D eigenvalue weighted by atomic mass is 10.1. The van der Waals surface area contributed by atoms with Crippen molar-refractivity contribution in [3.8, 4) is 5.88 Å². The minimum Gasteiger partial charge on any atom is -0.475 e. The maximum absolute atomic E-state index is 12.7. The van der Waals surface area contributed by atoms with E-state index < -0.39 is 0 Å². The number of nitrogens with zero attached hydrogens (tertiary/aromatic N) is 3. The molecule has 0 saturated carbocycles. The van der Waals surface area contributed by atoms with Crippen LogP contribution in [-0.4, -0.2) is 38.6 Å². The second-order valence-electron chi connectivity index (χ2n) is 5.57. The minimum absolute atomic E-state index is 0.00301. The second kappa shape index (κ2) is 6.17. The molecule has 0 fully saturated rings. The van der Waals surface area contributed by atoms with Gasteiger partial charge in [0.2, 0.25) is 5.88 Å². The van der Waals surface area contributed by atoms with Crippen LogP contribution in [0.5, 0.6) is 5.88 Å². The molecule has 0 aromatic carbocycles. The molecule has 1 atom stereocenters. The van der Waals surface area contributed by atoms with Crippen LogP contribution < -0.4 is 4.74 Å². The van der Waals surface area contributed by atoms with Crippen molar-refractivity contribution in [1.82, 2.24) is 20.1 Å². The van der Waals surface area contributed by atoms with Crippen molar-refractivity contribution in [3.63, 3.8) is 0 Å². The first-order chi connectivity index (χ1) is 10.7. The van der Waals surface area contributed by atoms with Gasteiger partial charge < -0.3 is 9.64 Å².